The highest BCUT2D eigenvalue weighted by Gasteiger charge is 2.30. The van der Waals surface area contributed by atoms with Crippen LogP contribution in [0.5, 0.6) is 0 Å². The molecule has 1 heterocycles. The van der Waals surface area contributed by atoms with Crippen LogP contribution in [0.25, 0.3) is 0 Å². The van der Waals surface area contributed by atoms with E-state index in [1.165, 1.54) is 31.7 Å². The van der Waals surface area contributed by atoms with E-state index in [1.807, 2.05) is 0 Å². The van der Waals surface area contributed by atoms with Crippen LogP contribution in [0, 0.1) is 22.0 Å². The average molecular weight is 276 g/mol. The molecule has 108 valence electrons. The zero-order valence-corrected chi connectivity index (χ0v) is 11.7. The first-order valence-electron chi connectivity index (χ1n) is 7.25. The Morgan fingerprint density at radius 2 is 1.90 bits per heavy atom. The molecule has 2 saturated carbocycles. The van der Waals surface area contributed by atoms with Crippen molar-refractivity contribution in [1.29, 1.82) is 0 Å². The van der Waals surface area contributed by atoms with Gasteiger partial charge < -0.3 is 10.2 Å². The van der Waals surface area contributed by atoms with Crippen molar-refractivity contribution in [1.82, 2.24) is 4.98 Å². The molecule has 0 amide bonds. The molecule has 20 heavy (non-hydrogen) atoms. The third-order valence-electron chi connectivity index (χ3n) is 3.94. The lowest BCUT2D eigenvalue weighted by Crippen LogP contribution is -2.29. The van der Waals surface area contributed by atoms with Gasteiger partial charge in [0.1, 0.15) is 11.6 Å². The zero-order valence-electron chi connectivity index (χ0n) is 11.7. The van der Waals surface area contributed by atoms with Gasteiger partial charge in [-0.05, 0) is 37.5 Å². The van der Waals surface area contributed by atoms with Gasteiger partial charge in [0.05, 0.1) is 17.1 Å². The summed E-state index contributed by atoms with van der Waals surface area (Å²) in [5.41, 5.74) is 0.107. The molecule has 0 atom stereocenters. The van der Waals surface area contributed by atoms with Crippen LogP contribution < -0.4 is 10.2 Å². The molecular formula is C14H20N4O2. The Hall–Kier alpha value is -1.85. The van der Waals surface area contributed by atoms with Gasteiger partial charge in [0, 0.05) is 20.1 Å². The summed E-state index contributed by atoms with van der Waals surface area (Å²) < 4.78 is 0. The molecule has 2 aliphatic carbocycles. The Bertz CT molecular complexity index is 498. The average Bonchev–Trinajstić information content (AvgIpc) is 3.32. The summed E-state index contributed by atoms with van der Waals surface area (Å²) in [4.78, 5) is 17.4. The molecule has 1 aromatic heterocycles. The highest BCUT2D eigenvalue weighted by Crippen LogP contribution is 2.36. The Labute approximate surface area is 118 Å². The smallest absolute Gasteiger partial charge is 0.276 e. The standard InChI is InChI=1S/C14H20N4O2/c1-15-13-6-12(18(19)20)7-14(16-13)17(8-10-2-3-10)9-11-4-5-11/h6-7,10-11H,2-5,8-9H2,1H3,(H,15,16). The minimum Gasteiger partial charge on any atom is -0.373 e. The molecule has 6 heteroatoms. The first-order chi connectivity index (χ1) is 9.65. The molecule has 2 fully saturated rings. The van der Waals surface area contributed by atoms with Gasteiger partial charge in [0.15, 0.2) is 0 Å². The summed E-state index contributed by atoms with van der Waals surface area (Å²) in [6.07, 6.45) is 5.09. The number of aromatic nitrogens is 1. The molecule has 0 aromatic carbocycles. The molecule has 3 rings (SSSR count). The molecular weight excluding hydrogens is 256 g/mol. The molecule has 2 aliphatic rings. The number of hydrogen-bond donors (Lipinski definition) is 1. The largest absolute Gasteiger partial charge is 0.373 e. The molecule has 0 aliphatic heterocycles. The molecule has 1 aromatic rings. The van der Waals surface area contributed by atoms with Crippen LogP contribution in [0.1, 0.15) is 25.7 Å². The van der Waals surface area contributed by atoms with Crippen molar-refractivity contribution in [2.24, 2.45) is 11.8 Å². The molecule has 0 saturated heterocycles. The highest BCUT2D eigenvalue weighted by molar-refractivity contribution is 5.56. The van der Waals surface area contributed by atoms with Gasteiger partial charge in [-0.1, -0.05) is 0 Å². The van der Waals surface area contributed by atoms with Crippen molar-refractivity contribution in [3.8, 4) is 0 Å². The maximum atomic E-state index is 11.0. The van der Waals surface area contributed by atoms with Crippen molar-refractivity contribution in [2.45, 2.75) is 25.7 Å². The van der Waals surface area contributed by atoms with Crippen LogP contribution in [0.3, 0.4) is 0 Å². The second kappa shape index (κ2) is 5.26. The fourth-order valence-electron chi connectivity index (χ4n) is 2.38. The summed E-state index contributed by atoms with van der Waals surface area (Å²) in [5, 5.41) is 14.0. The SMILES string of the molecule is CNc1cc([N+](=O)[O-])cc(N(CC2CC2)CC2CC2)n1. The number of nitro groups is 1. The lowest BCUT2D eigenvalue weighted by molar-refractivity contribution is -0.384. The van der Waals surface area contributed by atoms with Crippen LogP contribution in [0.15, 0.2) is 12.1 Å². The van der Waals surface area contributed by atoms with E-state index in [0.29, 0.717) is 5.82 Å². The van der Waals surface area contributed by atoms with Crippen molar-refractivity contribution < 1.29 is 4.92 Å². The normalized spacial score (nSPS) is 17.9. The zero-order chi connectivity index (χ0) is 14.1. The van der Waals surface area contributed by atoms with E-state index >= 15 is 0 Å². The van der Waals surface area contributed by atoms with E-state index < -0.39 is 0 Å². The maximum Gasteiger partial charge on any atom is 0.276 e. The second-order valence-corrected chi connectivity index (χ2v) is 5.87. The first-order valence-corrected chi connectivity index (χ1v) is 7.25. The molecule has 0 spiro atoms. The van der Waals surface area contributed by atoms with Gasteiger partial charge in [-0.2, -0.15) is 0 Å². The number of anilines is 2. The van der Waals surface area contributed by atoms with Crippen LogP contribution in [0.4, 0.5) is 17.3 Å². The third-order valence-corrected chi connectivity index (χ3v) is 3.94. The summed E-state index contributed by atoms with van der Waals surface area (Å²) in [6, 6.07) is 3.08. The molecule has 0 bridgehead atoms. The maximum absolute atomic E-state index is 11.0. The summed E-state index contributed by atoms with van der Waals surface area (Å²) >= 11 is 0. The number of rotatable bonds is 7. The fraction of sp³-hybridized carbons (Fsp3) is 0.643. The second-order valence-electron chi connectivity index (χ2n) is 5.87. The lowest BCUT2D eigenvalue weighted by atomic mass is 10.3. The molecule has 6 nitrogen and oxygen atoms in total. The van der Waals surface area contributed by atoms with Crippen LogP contribution in [0.2, 0.25) is 0 Å². The van der Waals surface area contributed by atoms with Gasteiger partial charge in [-0.25, -0.2) is 4.98 Å². The summed E-state index contributed by atoms with van der Waals surface area (Å²) in [6.45, 7) is 1.96. The van der Waals surface area contributed by atoms with Gasteiger partial charge in [0.25, 0.3) is 5.69 Å². The van der Waals surface area contributed by atoms with E-state index in [4.69, 9.17) is 0 Å². The third kappa shape index (κ3) is 3.18. The van der Waals surface area contributed by atoms with E-state index in [2.05, 4.69) is 15.2 Å². The van der Waals surface area contributed by atoms with E-state index in [1.54, 1.807) is 13.1 Å². The Kier molecular flexibility index (Phi) is 3.46. The van der Waals surface area contributed by atoms with Crippen LogP contribution >= 0.6 is 0 Å². The Morgan fingerprint density at radius 1 is 1.30 bits per heavy atom. The first kappa shape index (κ1) is 13.1. The number of nitrogens with one attached hydrogen (secondary N) is 1. The minimum absolute atomic E-state index is 0.107. The van der Waals surface area contributed by atoms with Crippen molar-refractivity contribution in [2.75, 3.05) is 30.4 Å². The van der Waals surface area contributed by atoms with Crippen LogP contribution in [-0.2, 0) is 0 Å². The quantitative estimate of drug-likeness (QED) is 0.612. The van der Waals surface area contributed by atoms with Crippen molar-refractivity contribution in [3.05, 3.63) is 22.2 Å². The van der Waals surface area contributed by atoms with Crippen LogP contribution in [-0.4, -0.2) is 30.0 Å². The predicted octanol–water partition coefficient (Wildman–Crippen LogP) is 2.66. The Balaban J connectivity index is 1.86. The lowest BCUT2D eigenvalue weighted by Gasteiger charge is -2.24. The molecule has 1 N–H and O–H groups in total. The number of nitrogens with zero attached hydrogens (tertiary/aromatic N) is 3. The highest BCUT2D eigenvalue weighted by atomic mass is 16.6. The van der Waals surface area contributed by atoms with Crippen molar-refractivity contribution in [3.63, 3.8) is 0 Å². The Morgan fingerprint density at radius 3 is 2.35 bits per heavy atom. The molecule has 0 unspecified atom stereocenters. The van der Waals surface area contributed by atoms with Gasteiger partial charge in [0.2, 0.25) is 0 Å². The van der Waals surface area contributed by atoms with Gasteiger partial charge in [-0.3, -0.25) is 10.1 Å². The summed E-state index contributed by atoms with van der Waals surface area (Å²) in [5.74, 6) is 2.79. The number of pyridine rings is 1. The fourth-order valence-corrected chi connectivity index (χ4v) is 2.38. The minimum atomic E-state index is -0.349. The predicted molar refractivity (Wildman–Crippen MR) is 78.1 cm³/mol. The number of hydrogen-bond acceptors (Lipinski definition) is 5. The monoisotopic (exact) mass is 276 g/mol. The van der Waals surface area contributed by atoms with E-state index in [0.717, 1.165) is 30.7 Å². The van der Waals surface area contributed by atoms with E-state index in [9.17, 15) is 10.1 Å². The molecule has 0 radical (unpaired) electrons. The topological polar surface area (TPSA) is 71.3 Å². The van der Waals surface area contributed by atoms with Gasteiger partial charge >= 0.3 is 0 Å². The van der Waals surface area contributed by atoms with Gasteiger partial charge in [-0.15, -0.1) is 0 Å². The summed E-state index contributed by atoms with van der Waals surface area (Å²) in [7, 11) is 1.74. The van der Waals surface area contributed by atoms with E-state index in [-0.39, 0.29) is 10.6 Å². The van der Waals surface area contributed by atoms with Crippen molar-refractivity contribution >= 4 is 17.3 Å².